The van der Waals surface area contributed by atoms with Crippen molar-refractivity contribution in [1.29, 1.82) is 0 Å². The van der Waals surface area contributed by atoms with Crippen LogP contribution in [-0.2, 0) is 0 Å². The van der Waals surface area contributed by atoms with Crippen LogP contribution < -0.4 is 9.47 Å². The molecular weight excluding hydrogens is 378 g/mol. The first kappa shape index (κ1) is 20.0. The summed E-state index contributed by atoms with van der Waals surface area (Å²) in [4.78, 5) is 15.4. The van der Waals surface area contributed by atoms with Crippen molar-refractivity contribution in [3.05, 3.63) is 60.3 Å². The van der Waals surface area contributed by atoms with Crippen LogP contribution in [0.5, 0.6) is 11.5 Å². The van der Waals surface area contributed by atoms with E-state index >= 15 is 0 Å². The van der Waals surface area contributed by atoms with Gasteiger partial charge in [0.25, 0.3) is 5.91 Å². The number of carbonyl (C=O) groups excluding carboxylic acids is 1. The zero-order chi connectivity index (χ0) is 21.1. The Morgan fingerprint density at radius 1 is 1.00 bits per heavy atom. The molecule has 4 rings (SSSR count). The zero-order valence-corrected chi connectivity index (χ0v) is 17.7. The molecule has 6 heteroatoms. The van der Waals surface area contributed by atoms with Crippen molar-refractivity contribution in [2.24, 2.45) is 5.92 Å². The Bertz CT molecular complexity index is 1020. The Morgan fingerprint density at radius 3 is 2.37 bits per heavy atom. The van der Waals surface area contributed by atoms with E-state index < -0.39 is 0 Å². The predicted octanol–water partition coefficient (Wildman–Crippen LogP) is 4.43. The van der Waals surface area contributed by atoms with Crippen LogP contribution in [0, 0.1) is 5.92 Å². The Labute approximate surface area is 177 Å². The lowest BCUT2D eigenvalue weighted by Crippen LogP contribution is -2.38. The summed E-state index contributed by atoms with van der Waals surface area (Å²) in [6.07, 6.45) is 3.90. The molecule has 0 N–H and O–H groups in total. The van der Waals surface area contributed by atoms with Gasteiger partial charge in [0.2, 0.25) is 0 Å². The first-order valence-electron chi connectivity index (χ1n) is 10.3. The highest BCUT2D eigenvalue weighted by Gasteiger charge is 2.26. The Balaban J connectivity index is 1.78. The van der Waals surface area contributed by atoms with Crippen molar-refractivity contribution in [2.45, 2.75) is 19.8 Å². The molecule has 1 aliphatic heterocycles. The van der Waals surface area contributed by atoms with Crippen LogP contribution in [0.4, 0.5) is 0 Å². The molecule has 1 fully saturated rings. The minimum absolute atomic E-state index is 0.0221. The van der Waals surface area contributed by atoms with Crippen LogP contribution in [0.25, 0.3) is 16.9 Å². The monoisotopic (exact) mass is 405 g/mol. The van der Waals surface area contributed by atoms with Crippen LogP contribution in [0.1, 0.15) is 30.1 Å². The molecule has 156 valence electrons. The number of para-hydroxylation sites is 1. The molecule has 3 aromatic rings. The molecule has 1 saturated heterocycles. The summed E-state index contributed by atoms with van der Waals surface area (Å²) in [5.74, 6) is 1.93. The topological polar surface area (TPSA) is 56.6 Å². The van der Waals surface area contributed by atoms with Gasteiger partial charge < -0.3 is 14.4 Å². The Hall–Kier alpha value is -3.28. The molecule has 0 unspecified atom stereocenters. The third-order valence-corrected chi connectivity index (χ3v) is 5.69. The summed E-state index contributed by atoms with van der Waals surface area (Å²) in [6, 6.07) is 15.4. The fourth-order valence-corrected chi connectivity index (χ4v) is 3.82. The van der Waals surface area contributed by atoms with Crippen LogP contribution in [0.15, 0.2) is 54.7 Å². The van der Waals surface area contributed by atoms with E-state index in [0.29, 0.717) is 28.7 Å². The molecule has 30 heavy (non-hydrogen) atoms. The number of likely N-dealkylation sites (tertiary alicyclic amines) is 1. The average molecular weight is 405 g/mol. The molecule has 0 spiro atoms. The summed E-state index contributed by atoms with van der Waals surface area (Å²) < 4.78 is 12.6. The minimum atomic E-state index is 0.0221. The van der Waals surface area contributed by atoms with Crippen molar-refractivity contribution in [3.63, 3.8) is 0 Å². The summed E-state index contributed by atoms with van der Waals surface area (Å²) >= 11 is 0. The summed E-state index contributed by atoms with van der Waals surface area (Å²) in [5.41, 5.74) is 2.96. The first-order chi connectivity index (χ1) is 14.6. The number of rotatable bonds is 5. The van der Waals surface area contributed by atoms with Crippen molar-refractivity contribution in [1.82, 2.24) is 14.7 Å². The fourth-order valence-electron chi connectivity index (χ4n) is 3.82. The quantitative estimate of drug-likeness (QED) is 0.630. The van der Waals surface area contributed by atoms with Gasteiger partial charge in [0.1, 0.15) is 5.69 Å². The lowest BCUT2D eigenvalue weighted by Gasteiger charge is -2.30. The van der Waals surface area contributed by atoms with Crippen LogP contribution in [-0.4, -0.2) is 47.9 Å². The number of benzene rings is 2. The lowest BCUT2D eigenvalue weighted by atomic mass is 9.98. The molecule has 0 bridgehead atoms. The summed E-state index contributed by atoms with van der Waals surface area (Å²) in [5, 5.41) is 4.79. The maximum Gasteiger partial charge on any atom is 0.257 e. The number of methoxy groups -OCH3 is 2. The molecule has 1 aliphatic rings. The molecule has 1 amide bonds. The van der Waals surface area contributed by atoms with E-state index in [4.69, 9.17) is 14.6 Å². The van der Waals surface area contributed by atoms with Gasteiger partial charge in [-0.15, -0.1) is 0 Å². The van der Waals surface area contributed by atoms with Gasteiger partial charge in [0.15, 0.2) is 11.5 Å². The molecule has 2 heterocycles. The largest absolute Gasteiger partial charge is 0.493 e. The van der Waals surface area contributed by atoms with E-state index in [9.17, 15) is 4.79 Å². The summed E-state index contributed by atoms with van der Waals surface area (Å²) in [6.45, 7) is 3.80. The molecule has 2 aromatic carbocycles. The second kappa shape index (κ2) is 8.61. The number of carbonyl (C=O) groups is 1. The van der Waals surface area contributed by atoms with Gasteiger partial charge in [0.05, 0.1) is 25.5 Å². The zero-order valence-electron chi connectivity index (χ0n) is 17.7. The molecule has 0 radical (unpaired) electrons. The molecule has 1 aromatic heterocycles. The predicted molar refractivity (Wildman–Crippen MR) is 116 cm³/mol. The fraction of sp³-hybridized carbons (Fsp3) is 0.333. The third-order valence-electron chi connectivity index (χ3n) is 5.69. The van der Waals surface area contributed by atoms with Crippen molar-refractivity contribution >= 4 is 5.91 Å². The third kappa shape index (κ3) is 3.90. The van der Waals surface area contributed by atoms with E-state index in [1.807, 2.05) is 59.6 Å². The standard InChI is InChI=1S/C24H27N3O3/c1-17-11-13-26(14-12-17)24(28)20-16-27(19-7-5-4-6-8-19)25-23(20)18-9-10-21(29-2)22(15-18)30-3/h4-10,15-17H,11-14H2,1-3H3. The van der Waals surface area contributed by atoms with Gasteiger partial charge in [-0.3, -0.25) is 4.79 Å². The minimum Gasteiger partial charge on any atom is -0.493 e. The highest BCUT2D eigenvalue weighted by Crippen LogP contribution is 2.34. The van der Waals surface area contributed by atoms with E-state index in [1.165, 1.54) is 0 Å². The maximum absolute atomic E-state index is 13.4. The van der Waals surface area contributed by atoms with Gasteiger partial charge in [-0.05, 0) is 49.1 Å². The van der Waals surface area contributed by atoms with Gasteiger partial charge in [0, 0.05) is 24.8 Å². The Morgan fingerprint density at radius 2 is 1.70 bits per heavy atom. The first-order valence-corrected chi connectivity index (χ1v) is 10.3. The average Bonchev–Trinajstić information content (AvgIpc) is 3.24. The lowest BCUT2D eigenvalue weighted by molar-refractivity contribution is 0.0698. The number of amides is 1. The van der Waals surface area contributed by atoms with Crippen LogP contribution in [0.3, 0.4) is 0 Å². The van der Waals surface area contributed by atoms with E-state index in [1.54, 1.807) is 18.9 Å². The van der Waals surface area contributed by atoms with Gasteiger partial charge in [-0.2, -0.15) is 5.10 Å². The maximum atomic E-state index is 13.4. The summed E-state index contributed by atoms with van der Waals surface area (Å²) in [7, 11) is 3.21. The molecule has 0 aliphatic carbocycles. The van der Waals surface area contributed by atoms with Crippen LogP contribution >= 0.6 is 0 Å². The number of ether oxygens (including phenoxy) is 2. The molecule has 0 saturated carbocycles. The van der Waals surface area contributed by atoms with Gasteiger partial charge in [-0.25, -0.2) is 4.68 Å². The molecule has 6 nitrogen and oxygen atoms in total. The SMILES string of the molecule is COc1ccc(-c2nn(-c3ccccc3)cc2C(=O)N2CCC(C)CC2)cc1OC. The highest BCUT2D eigenvalue weighted by molar-refractivity contribution is 6.00. The van der Waals surface area contributed by atoms with Crippen molar-refractivity contribution in [3.8, 4) is 28.4 Å². The second-order valence-corrected chi connectivity index (χ2v) is 7.72. The van der Waals surface area contributed by atoms with Crippen molar-refractivity contribution in [2.75, 3.05) is 27.3 Å². The van der Waals surface area contributed by atoms with E-state index in [0.717, 1.165) is 37.2 Å². The number of piperidine rings is 1. The molecule has 0 atom stereocenters. The number of hydrogen-bond donors (Lipinski definition) is 0. The van der Waals surface area contributed by atoms with Crippen LogP contribution in [0.2, 0.25) is 0 Å². The van der Waals surface area contributed by atoms with Crippen molar-refractivity contribution < 1.29 is 14.3 Å². The van der Waals surface area contributed by atoms with E-state index in [-0.39, 0.29) is 5.91 Å². The number of hydrogen-bond acceptors (Lipinski definition) is 4. The molecular formula is C24H27N3O3. The van der Waals surface area contributed by atoms with Gasteiger partial charge in [-0.1, -0.05) is 25.1 Å². The number of nitrogens with zero attached hydrogens (tertiary/aromatic N) is 3. The Kier molecular flexibility index (Phi) is 5.74. The van der Waals surface area contributed by atoms with Gasteiger partial charge >= 0.3 is 0 Å². The number of aromatic nitrogens is 2. The van der Waals surface area contributed by atoms with E-state index in [2.05, 4.69) is 6.92 Å². The second-order valence-electron chi connectivity index (χ2n) is 7.72. The normalized spacial score (nSPS) is 14.6. The highest BCUT2D eigenvalue weighted by atomic mass is 16.5. The smallest absolute Gasteiger partial charge is 0.257 e.